The van der Waals surface area contributed by atoms with Crippen LogP contribution in [0.1, 0.15) is 61.9 Å². The quantitative estimate of drug-likeness (QED) is 0.292. The molecule has 0 aliphatic carbocycles. The Labute approximate surface area is 254 Å². The number of halogens is 3. The Morgan fingerprint density at radius 1 is 1.27 bits per heavy atom. The van der Waals surface area contributed by atoms with Crippen molar-refractivity contribution in [2.75, 3.05) is 19.7 Å². The molecule has 11 nitrogen and oxygen atoms in total. The number of likely N-dealkylation sites (tertiary alicyclic amines) is 1. The number of hydrogen-bond acceptors (Lipinski definition) is 10. The maximum Gasteiger partial charge on any atom is 0.433 e. The topological polar surface area (TPSA) is 136 Å². The van der Waals surface area contributed by atoms with E-state index >= 15 is 0 Å². The lowest BCUT2D eigenvalue weighted by Crippen LogP contribution is -2.46. The molecule has 0 saturated carbocycles. The summed E-state index contributed by atoms with van der Waals surface area (Å²) in [4.78, 5) is 15.0. The van der Waals surface area contributed by atoms with E-state index in [4.69, 9.17) is 10.00 Å². The Morgan fingerprint density at radius 3 is 2.84 bits per heavy atom. The molecule has 5 heterocycles. The van der Waals surface area contributed by atoms with Crippen LogP contribution in [-0.4, -0.2) is 74.8 Å². The van der Waals surface area contributed by atoms with Gasteiger partial charge in [-0.25, -0.2) is 9.98 Å². The lowest BCUT2D eigenvalue weighted by Gasteiger charge is -2.37. The third-order valence-corrected chi connectivity index (χ3v) is 8.19. The molecule has 3 aliphatic heterocycles. The Bertz CT molecular complexity index is 1390. The summed E-state index contributed by atoms with van der Waals surface area (Å²) in [5, 5.41) is 29.1. The normalized spacial score (nSPS) is 21.8. The number of aliphatic hydroxyl groups excluding tert-OH is 1. The Hall–Kier alpha value is -3.80. The fourth-order valence-corrected chi connectivity index (χ4v) is 5.76. The smallest absolute Gasteiger partial charge is 0.433 e. The standard InChI is InChI=1S/C30H38F3N9O2/c1-20(18-43)36-14-21-12-26(30(31,32)33)40-27(13-21)44-24-6-10-41(11-7-24)23(4-2-3-8-34)17-42-16-22(15-39-42)28-25-5-9-35-29(25)38-19-37-28/h5,9,12-13,15-16,19-20,23-25,28,36,43H,2-4,6-7,10-11,14,17-18H2,1H3,(H,35,37,38)/t20-,23-,25?,28?/m0/s1. The lowest BCUT2D eigenvalue weighted by atomic mass is 9.95. The van der Waals surface area contributed by atoms with E-state index in [1.54, 1.807) is 13.3 Å². The zero-order valence-electron chi connectivity index (χ0n) is 24.6. The number of amidine groups is 1. The number of hydrogen-bond donors (Lipinski definition) is 3. The van der Waals surface area contributed by atoms with Crippen molar-refractivity contribution in [3.63, 3.8) is 0 Å². The lowest BCUT2D eigenvalue weighted by molar-refractivity contribution is -0.141. The predicted molar refractivity (Wildman–Crippen MR) is 158 cm³/mol. The van der Waals surface area contributed by atoms with Crippen LogP contribution in [0.2, 0.25) is 0 Å². The van der Waals surface area contributed by atoms with Crippen LogP contribution < -0.4 is 15.4 Å². The molecule has 14 heteroatoms. The van der Waals surface area contributed by atoms with Gasteiger partial charge in [0.1, 0.15) is 24.0 Å². The van der Waals surface area contributed by atoms with Crippen molar-refractivity contribution < 1.29 is 23.0 Å². The first kappa shape index (κ1) is 31.6. The fraction of sp³-hybridized carbons (Fsp3) is 0.567. The van der Waals surface area contributed by atoms with Crippen LogP contribution in [0.4, 0.5) is 13.2 Å². The van der Waals surface area contributed by atoms with Gasteiger partial charge in [0.15, 0.2) is 0 Å². The van der Waals surface area contributed by atoms with Gasteiger partial charge in [-0.2, -0.15) is 23.5 Å². The molecule has 4 atom stereocenters. The van der Waals surface area contributed by atoms with Crippen LogP contribution >= 0.6 is 0 Å². The number of pyridine rings is 1. The van der Waals surface area contributed by atoms with Gasteiger partial charge in [0.25, 0.3) is 0 Å². The van der Waals surface area contributed by atoms with Crippen molar-refractivity contribution in [2.45, 2.75) is 82.5 Å². The average molecular weight is 614 g/mol. The molecule has 3 aliphatic rings. The summed E-state index contributed by atoms with van der Waals surface area (Å²) in [6.45, 7) is 3.81. The summed E-state index contributed by atoms with van der Waals surface area (Å²) < 4.78 is 48.7. The molecule has 5 rings (SSSR count). The summed E-state index contributed by atoms with van der Waals surface area (Å²) in [5.74, 6) is 0.889. The van der Waals surface area contributed by atoms with Crippen molar-refractivity contribution in [2.24, 2.45) is 15.9 Å². The summed E-state index contributed by atoms with van der Waals surface area (Å²) >= 11 is 0. The highest BCUT2D eigenvalue weighted by molar-refractivity contribution is 5.96. The molecule has 0 aromatic carbocycles. The van der Waals surface area contributed by atoms with Crippen LogP contribution in [0.5, 0.6) is 5.88 Å². The molecule has 2 unspecified atom stereocenters. The molecule has 236 valence electrons. The molecule has 2 aromatic rings. The molecule has 0 bridgehead atoms. The molecule has 3 N–H and O–H groups in total. The predicted octanol–water partition coefficient (Wildman–Crippen LogP) is 3.59. The molecule has 1 fully saturated rings. The van der Waals surface area contributed by atoms with Gasteiger partial charge >= 0.3 is 6.18 Å². The Balaban J connectivity index is 1.21. The van der Waals surface area contributed by atoms with Gasteiger partial charge in [-0.1, -0.05) is 6.08 Å². The number of nitrogens with zero attached hydrogens (tertiary/aromatic N) is 7. The van der Waals surface area contributed by atoms with E-state index in [1.165, 1.54) is 6.07 Å². The number of nitriles is 1. The van der Waals surface area contributed by atoms with Crippen LogP contribution in [0.3, 0.4) is 0 Å². The molecule has 0 amide bonds. The molecule has 0 radical (unpaired) electrons. The second kappa shape index (κ2) is 14.3. The monoisotopic (exact) mass is 613 g/mol. The van der Waals surface area contributed by atoms with Crippen molar-refractivity contribution in [3.8, 4) is 11.9 Å². The van der Waals surface area contributed by atoms with Gasteiger partial charge in [0.05, 0.1) is 37.4 Å². The van der Waals surface area contributed by atoms with Crippen molar-refractivity contribution in [3.05, 3.63) is 53.6 Å². The Kier molecular flexibility index (Phi) is 10.3. The zero-order chi connectivity index (χ0) is 31.1. The summed E-state index contributed by atoms with van der Waals surface area (Å²) in [5.41, 5.74) is 0.391. The van der Waals surface area contributed by atoms with Crippen molar-refractivity contribution in [1.29, 1.82) is 5.26 Å². The van der Waals surface area contributed by atoms with E-state index in [0.717, 1.165) is 30.3 Å². The molecule has 1 saturated heterocycles. The van der Waals surface area contributed by atoms with Crippen molar-refractivity contribution >= 4 is 12.2 Å². The first-order valence-corrected chi connectivity index (χ1v) is 15.0. The molecule has 0 spiro atoms. The van der Waals surface area contributed by atoms with E-state index in [1.807, 2.05) is 23.3 Å². The van der Waals surface area contributed by atoms with Gasteiger partial charge < -0.3 is 20.5 Å². The second-order valence-electron chi connectivity index (χ2n) is 11.5. The van der Waals surface area contributed by atoms with Crippen molar-refractivity contribution in [1.82, 2.24) is 30.3 Å². The first-order chi connectivity index (χ1) is 21.2. The minimum absolute atomic E-state index is 0.0488. The third kappa shape index (κ3) is 8.02. The number of piperidine rings is 1. The average Bonchev–Trinajstić information content (AvgIpc) is 3.69. The number of fused-ring (bicyclic) bond motifs is 1. The van der Waals surface area contributed by atoms with Gasteiger partial charge in [0.2, 0.25) is 5.88 Å². The fourth-order valence-electron chi connectivity index (χ4n) is 5.76. The van der Waals surface area contributed by atoms with E-state index in [2.05, 4.69) is 47.7 Å². The highest BCUT2D eigenvalue weighted by Gasteiger charge is 2.35. The molecule has 2 aromatic heterocycles. The largest absolute Gasteiger partial charge is 0.474 e. The summed E-state index contributed by atoms with van der Waals surface area (Å²) in [7, 11) is 0. The van der Waals surface area contributed by atoms with Gasteiger partial charge in [-0.15, -0.1) is 0 Å². The second-order valence-corrected chi connectivity index (χ2v) is 11.5. The van der Waals surface area contributed by atoms with E-state index in [0.29, 0.717) is 44.5 Å². The number of nitrogens with one attached hydrogen (secondary N) is 2. The number of aliphatic hydroxyl groups is 1. The number of aromatic nitrogens is 3. The maximum atomic E-state index is 13.6. The van der Waals surface area contributed by atoms with Crippen LogP contribution in [-0.2, 0) is 19.3 Å². The highest BCUT2D eigenvalue weighted by atomic mass is 19.4. The number of ether oxygens (including phenoxy) is 1. The molecular formula is C30H38F3N9O2. The highest BCUT2D eigenvalue weighted by Crippen LogP contribution is 2.33. The minimum atomic E-state index is -4.60. The van der Waals surface area contributed by atoms with Crippen LogP contribution in [0, 0.1) is 17.2 Å². The summed E-state index contributed by atoms with van der Waals surface area (Å²) in [6, 6.07) is 4.55. The van der Waals surface area contributed by atoms with Gasteiger partial charge in [-0.05, 0) is 50.4 Å². The third-order valence-electron chi connectivity index (χ3n) is 8.19. The SMILES string of the molecule is C[C@@H](CO)NCc1cc(OC2CCN([C@@H](CCCC#N)Cn3cc(C4N=CN=C5NC=CC54)cn3)CC2)nc(C(F)(F)F)c1. The number of rotatable bonds is 13. The zero-order valence-corrected chi connectivity index (χ0v) is 24.6. The molecule has 44 heavy (non-hydrogen) atoms. The van der Waals surface area contributed by atoms with Gasteiger partial charge in [0, 0.05) is 56.0 Å². The molecular weight excluding hydrogens is 575 g/mol. The van der Waals surface area contributed by atoms with E-state index < -0.39 is 11.9 Å². The minimum Gasteiger partial charge on any atom is -0.474 e. The van der Waals surface area contributed by atoms with Crippen LogP contribution in [0.15, 0.2) is 46.8 Å². The Morgan fingerprint density at radius 2 is 2.09 bits per heavy atom. The van der Waals surface area contributed by atoms with E-state index in [9.17, 15) is 18.3 Å². The van der Waals surface area contributed by atoms with Crippen LogP contribution in [0.25, 0.3) is 0 Å². The summed E-state index contributed by atoms with van der Waals surface area (Å²) in [6.07, 6.45) is 7.82. The van der Waals surface area contributed by atoms with E-state index in [-0.39, 0.29) is 49.2 Å². The van der Waals surface area contributed by atoms with Gasteiger partial charge in [-0.3, -0.25) is 14.6 Å². The number of unbranched alkanes of at least 4 members (excludes halogenated alkanes) is 1. The number of aliphatic imine (C=N–C) groups is 2. The number of alkyl halides is 3. The first-order valence-electron chi connectivity index (χ1n) is 15.0. The maximum absolute atomic E-state index is 13.6.